The Balaban J connectivity index is 1.55. The third-order valence-electron chi connectivity index (χ3n) is 4.67. The van der Waals surface area contributed by atoms with Crippen molar-refractivity contribution >= 4 is 17.8 Å². The number of amides is 2. The molecule has 1 aliphatic heterocycles. The molecule has 0 radical (unpaired) electrons. The van der Waals surface area contributed by atoms with E-state index in [1.165, 1.54) is 0 Å². The summed E-state index contributed by atoms with van der Waals surface area (Å²) in [6.45, 7) is 1.17. The number of carboxylic acids is 1. The van der Waals surface area contributed by atoms with Gasteiger partial charge in [-0.2, -0.15) is 0 Å². The van der Waals surface area contributed by atoms with Gasteiger partial charge in [0.2, 0.25) is 0 Å². The minimum absolute atomic E-state index is 0.0575. The SMILES string of the molecule is O=C(O)CC1CCN(C(=O)c2ccc(C(=O)NC3CC3)cc2)CC1. The van der Waals surface area contributed by atoms with Crippen molar-refractivity contribution in [3.63, 3.8) is 0 Å². The van der Waals surface area contributed by atoms with Crippen molar-refractivity contribution in [1.29, 1.82) is 0 Å². The first kappa shape index (κ1) is 16.5. The number of carbonyl (C=O) groups is 3. The monoisotopic (exact) mass is 330 g/mol. The molecule has 24 heavy (non-hydrogen) atoms. The largest absolute Gasteiger partial charge is 0.481 e. The Morgan fingerprint density at radius 3 is 2.12 bits per heavy atom. The number of carboxylic acid groups (broad SMARTS) is 1. The number of piperidine rings is 1. The maximum Gasteiger partial charge on any atom is 0.303 e. The molecular weight excluding hydrogens is 308 g/mol. The topological polar surface area (TPSA) is 86.7 Å². The molecule has 0 bridgehead atoms. The van der Waals surface area contributed by atoms with Crippen molar-refractivity contribution in [3.05, 3.63) is 35.4 Å². The molecule has 0 spiro atoms. The lowest BCUT2D eigenvalue weighted by Gasteiger charge is -2.31. The quantitative estimate of drug-likeness (QED) is 0.863. The smallest absolute Gasteiger partial charge is 0.303 e. The number of aliphatic carboxylic acids is 1. The Kier molecular flexibility index (Phi) is 4.83. The Morgan fingerprint density at radius 2 is 1.58 bits per heavy atom. The van der Waals surface area contributed by atoms with Crippen molar-refractivity contribution in [2.24, 2.45) is 5.92 Å². The van der Waals surface area contributed by atoms with Crippen LogP contribution in [0.4, 0.5) is 0 Å². The van der Waals surface area contributed by atoms with Gasteiger partial charge >= 0.3 is 5.97 Å². The Morgan fingerprint density at radius 1 is 1.00 bits per heavy atom. The summed E-state index contributed by atoms with van der Waals surface area (Å²) < 4.78 is 0. The van der Waals surface area contributed by atoms with Gasteiger partial charge in [0.25, 0.3) is 11.8 Å². The predicted octanol–water partition coefficient (Wildman–Crippen LogP) is 1.91. The molecule has 2 amide bonds. The van der Waals surface area contributed by atoms with Gasteiger partial charge in [-0.05, 0) is 55.9 Å². The third kappa shape index (κ3) is 4.13. The van der Waals surface area contributed by atoms with Gasteiger partial charge in [-0.15, -0.1) is 0 Å². The molecule has 2 N–H and O–H groups in total. The van der Waals surface area contributed by atoms with E-state index in [4.69, 9.17) is 5.11 Å². The van der Waals surface area contributed by atoms with Crippen LogP contribution in [0.1, 0.15) is 52.8 Å². The van der Waals surface area contributed by atoms with Gasteiger partial charge in [0.1, 0.15) is 0 Å². The molecule has 0 unspecified atom stereocenters. The van der Waals surface area contributed by atoms with E-state index in [0.29, 0.717) is 30.3 Å². The van der Waals surface area contributed by atoms with E-state index in [0.717, 1.165) is 25.7 Å². The number of rotatable bonds is 5. The summed E-state index contributed by atoms with van der Waals surface area (Å²) in [5.74, 6) is -0.774. The average Bonchev–Trinajstić information content (AvgIpc) is 3.38. The molecule has 3 rings (SSSR count). The van der Waals surface area contributed by atoms with Crippen LogP contribution in [0.5, 0.6) is 0 Å². The van der Waals surface area contributed by atoms with Crippen molar-refractivity contribution in [2.75, 3.05) is 13.1 Å². The second-order valence-corrected chi connectivity index (χ2v) is 6.66. The molecule has 0 atom stereocenters. The minimum Gasteiger partial charge on any atom is -0.481 e. The Hall–Kier alpha value is -2.37. The van der Waals surface area contributed by atoms with Gasteiger partial charge in [-0.3, -0.25) is 14.4 Å². The number of carbonyl (C=O) groups excluding carboxylic acids is 2. The molecule has 1 heterocycles. The Labute approximate surface area is 140 Å². The van der Waals surface area contributed by atoms with Crippen molar-refractivity contribution < 1.29 is 19.5 Å². The van der Waals surface area contributed by atoms with E-state index in [2.05, 4.69) is 5.32 Å². The highest BCUT2D eigenvalue weighted by Crippen LogP contribution is 2.22. The van der Waals surface area contributed by atoms with Crippen molar-refractivity contribution in [2.45, 2.75) is 38.1 Å². The summed E-state index contributed by atoms with van der Waals surface area (Å²) in [5, 5.41) is 11.8. The molecule has 2 fully saturated rings. The summed E-state index contributed by atoms with van der Waals surface area (Å²) in [7, 11) is 0. The summed E-state index contributed by atoms with van der Waals surface area (Å²) in [4.78, 5) is 37.0. The summed E-state index contributed by atoms with van der Waals surface area (Å²) in [5.41, 5.74) is 1.13. The average molecular weight is 330 g/mol. The van der Waals surface area contributed by atoms with E-state index in [1.807, 2.05) is 0 Å². The number of likely N-dealkylation sites (tertiary alicyclic amines) is 1. The molecule has 1 aliphatic carbocycles. The lowest BCUT2D eigenvalue weighted by molar-refractivity contribution is -0.138. The second kappa shape index (κ2) is 7.03. The maximum atomic E-state index is 12.5. The van der Waals surface area contributed by atoms with E-state index in [1.54, 1.807) is 29.2 Å². The van der Waals surface area contributed by atoms with Crippen LogP contribution < -0.4 is 5.32 Å². The predicted molar refractivity (Wildman–Crippen MR) is 87.8 cm³/mol. The zero-order valence-electron chi connectivity index (χ0n) is 13.5. The first-order chi connectivity index (χ1) is 11.5. The van der Waals surface area contributed by atoms with Gasteiger partial charge in [-0.1, -0.05) is 0 Å². The highest BCUT2D eigenvalue weighted by molar-refractivity contribution is 5.98. The molecular formula is C18H22N2O4. The van der Waals surface area contributed by atoms with E-state index < -0.39 is 5.97 Å². The molecule has 1 aromatic rings. The molecule has 6 nitrogen and oxygen atoms in total. The van der Waals surface area contributed by atoms with E-state index in [-0.39, 0.29) is 24.2 Å². The third-order valence-corrected chi connectivity index (χ3v) is 4.67. The van der Waals surface area contributed by atoms with Gasteiger partial charge in [-0.25, -0.2) is 0 Å². The molecule has 0 aromatic heterocycles. The van der Waals surface area contributed by atoms with E-state index >= 15 is 0 Å². The van der Waals surface area contributed by atoms with E-state index in [9.17, 15) is 14.4 Å². The standard InChI is InChI=1S/C18H22N2O4/c21-16(22)11-12-7-9-20(10-8-12)18(24)14-3-1-13(2-4-14)17(23)19-15-5-6-15/h1-4,12,15H,5-11H2,(H,19,23)(H,21,22). The molecule has 128 valence electrons. The summed E-state index contributed by atoms with van der Waals surface area (Å²) >= 11 is 0. The first-order valence-corrected chi connectivity index (χ1v) is 8.45. The molecule has 1 saturated carbocycles. The van der Waals surface area contributed by atoms with Crippen LogP contribution >= 0.6 is 0 Å². The fraction of sp³-hybridized carbons (Fsp3) is 0.500. The lowest BCUT2D eigenvalue weighted by atomic mass is 9.93. The zero-order valence-corrected chi connectivity index (χ0v) is 13.5. The fourth-order valence-corrected chi connectivity index (χ4v) is 3.03. The fourth-order valence-electron chi connectivity index (χ4n) is 3.03. The van der Waals surface area contributed by atoms with Crippen LogP contribution in [-0.2, 0) is 4.79 Å². The van der Waals surface area contributed by atoms with Gasteiger partial charge in [0, 0.05) is 36.7 Å². The number of nitrogens with zero attached hydrogens (tertiary/aromatic N) is 1. The number of nitrogens with one attached hydrogen (secondary N) is 1. The Bertz CT molecular complexity index is 629. The molecule has 6 heteroatoms. The summed E-state index contributed by atoms with van der Waals surface area (Å²) in [6.07, 6.45) is 3.70. The summed E-state index contributed by atoms with van der Waals surface area (Å²) in [6, 6.07) is 7.05. The maximum absolute atomic E-state index is 12.5. The number of hydrogen-bond acceptors (Lipinski definition) is 3. The first-order valence-electron chi connectivity index (χ1n) is 8.45. The van der Waals surface area contributed by atoms with Crippen molar-refractivity contribution in [3.8, 4) is 0 Å². The van der Waals surface area contributed by atoms with Gasteiger partial charge in [0.15, 0.2) is 0 Å². The second-order valence-electron chi connectivity index (χ2n) is 6.66. The molecule has 1 saturated heterocycles. The van der Waals surface area contributed by atoms with Crippen LogP contribution in [0.2, 0.25) is 0 Å². The highest BCUT2D eigenvalue weighted by atomic mass is 16.4. The zero-order chi connectivity index (χ0) is 17.1. The number of hydrogen-bond donors (Lipinski definition) is 2. The van der Waals surface area contributed by atoms with Gasteiger partial charge < -0.3 is 15.3 Å². The van der Waals surface area contributed by atoms with Crippen LogP contribution in [0, 0.1) is 5.92 Å². The van der Waals surface area contributed by atoms with Crippen LogP contribution in [-0.4, -0.2) is 46.9 Å². The highest BCUT2D eigenvalue weighted by Gasteiger charge is 2.26. The van der Waals surface area contributed by atoms with Crippen LogP contribution in [0.15, 0.2) is 24.3 Å². The minimum atomic E-state index is -0.778. The van der Waals surface area contributed by atoms with Crippen molar-refractivity contribution in [1.82, 2.24) is 10.2 Å². The molecule has 1 aromatic carbocycles. The molecule has 2 aliphatic rings. The van der Waals surface area contributed by atoms with Crippen LogP contribution in [0.3, 0.4) is 0 Å². The van der Waals surface area contributed by atoms with Crippen LogP contribution in [0.25, 0.3) is 0 Å². The normalized spacial score (nSPS) is 18.2. The van der Waals surface area contributed by atoms with Gasteiger partial charge in [0.05, 0.1) is 0 Å². The lowest BCUT2D eigenvalue weighted by Crippen LogP contribution is -2.38. The number of benzene rings is 1.